The van der Waals surface area contributed by atoms with Crippen molar-refractivity contribution >= 4 is 9.84 Å². The van der Waals surface area contributed by atoms with Gasteiger partial charge in [0.15, 0.2) is 9.84 Å². The fraction of sp³-hybridized carbons (Fsp3) is 0.267. The minimum atomic E-state index is -3.37. The summed E-state index contributed by atoms with van der Waals surface area (Å²) in [5.41, 5.74) is 7.20. The molecule has 0 saturated heterocycles. The van der Waals surface area contributed by atoms with Crippen LogP contribution in [0.3, 0.4) is 0 Å². The minimum absolute atomic E-state index is 0.0833. The van der Waals surface area contributed by atoms with E-state index in [-0.39, 0.29) is 17.3 Å². The summed E-state index contributed by atoms with van der Waals surface area (Å²) in [4.78, 5) is 4.36. The number of aryl methyl sites for hydroxylation is 1. The van der Waals surface area contributed by atoms with E-state index in [1.165, 1.54) is 0 Å². The molecule has 0 spiro atoms. The number of nitrogens with two attached hydrogens (primary N) is 1. The van der Waals surface area contributed by atoms with Crippen molar-refractivity contribution in [2.75, 3.05) is 12.4 Å². The molecule has 1 aromatic heterocycles. The molecule has 0 amide bonds. The highest BCUT2D eigenvalue weighted by Crippen LogP contribution is 2.14. The van der Waals surface area contributed by atoms with E-state index in [1.54, 1.807) is 36.5 Å². The second kappa shape index (κ2) is 6.69. The van der Waals surface area contributed by atoms with Crippen molar-refractivity contribution in [2.24, 2.45) is 5.73 Å². The second-order valence-corrected chi connectivity index (χ2v) is 6.76. The number of ether oxygens (including phenoxy) is 1. The van der Waals surface area contributed by atoms with Gasteiger partial charge in [0.05, 0.1) is 16.8 Å². The highest BCUT2D eigenvalue weighted by Gasteiger charge is 2.14. The van der Waals surface area contributed by atoms with Gasteiger partial charge < -0.3 is 10.5 Å². The molecule has 1 aromatic carbocycles. The molecule has 0 unspecified atom stereocenters. The Morgan fingerprint density at radius 2 is 2.05 bits per heavy atom. The lowest BCUT2D eigenvalue weighted by Crippen LogP contribution is -2.14. The van der Waals surface area contributed by atoms with Gasteiger partial charge in [-0.05, 0) is 36.8 Å². The fourth-order valence-electron chi connectivity index (χ4n) is 1.79. The van der Waals surface area contributed by atoms with Gasteiger partial charge in [0, 0.05) is 12.2 Å². The predicted molar refractivity (Wildman–Crippen MR) is 80.9 cm³/mol. The number of hydrogen-bond acceptors (Lipinski definition) is 5. The Labute approximate surface area is 124 Å². The summed E-state index contributed by atoms with van der Waals surface area (Å²) in [6.07, 6.45) is 1.58. The Kier molecular flexibility index (Phi) is 4.93. The largest absolute Gasteiger partial charge is 0.491 e. The van der Waals surface area contributed by atoms with Crippen LogP contribution in [0.2, 0.25) is 0 Å². The quantitative estimate of drug-likeness (QED) is 0.878. The Morgan fingerprint density at radius 1 is 1.24 bits per heavy atom. The first-order valence-corrected chi connectivity index (χ1v) is 8.24. The third-order valence-corrected chi connectivity index (χ3v) is 4.67. The maximum Gasteiger partial charge on any atom is 0.181 e. The molecule has 0 aliphatic carbocycles. The average Bonchev–Trinajstić information content (AvgIpc) is 2.49. The summed E-state index contributed by atoms with van der Waals surface area (Å²) in [6.45, 7) is 2.27. The molecule has 2 rings (SSSR count). The molecular weight excluding hydrogens is 288 g/mol. The van der Waals surface area contributed by atoms with Gasteiger partial charge in [0.1, 0.15) is 12.4 Å². The molecule has 0 fully saturated rings. The van der Waals surface area contributed by atoms with Crippen molar-refractivity contribution in [1.82, 2.24) is 4.98 Å². The van der Waals surface area contributed by atoms with Gasteiger partial charge in [-0.1, -0.05) is 12.1 Å². The van der Waals surface area contributed by atoms with Crippen molar-refractivity contribution in [3.8, 4) is 5.75 Å². The number of hydrogen-bond donors (Lipinski definition) is 1. The van der Waals surface area contributed by atoms with E-state index in [4.69, 9.17) is 10.5 Å². The third-order valence-electron chi connectivity index (χ3n) is 3.00. The number of nitrogens with zero attached hydrogens (tertiary/aromatic N) is 1. The zero-order valence-corrected chi connectivity index (χ0v) is 12.6. The zero-order valence-electron chi connectivity index (χ0n) is 11.8. The SMILES string of the molecule is Cc1ccc(OCCS(=O)(=O)c2cccc(CN)c2)cn1. The summed E-state index contributed by atoms with van der Waals surface area (Å²) >= 11 is 0. The van der Waals surface area contributed by atoms with E-state index in [9.17, 15) is 8.42 Å². The summed E-state index contributed by atoms with van der Waals surface area (Å²) in [7, 11) is -3.37. The lowest BCUT2D eigenvalue weighted by Gasteiger charge is -2.08. The van der Waals surface area contributed by atoms with Crippen molar-refractivity contribution in [2.45, 2.75) is 18.4 Å². The number of rotatable bonds is 6. The van der Waals surface area contributed by atoms with Crippen LogP contribution in [0.1, 0.15) is 11.3 Å². The highest BCUT2D eigenvalue weighted by molar-refractivity contribution is 7.91. The molecule has 1 heterocycles. The van der Waals surface area contributed by atoms with Crippen molar-refractivity contribution < 1.29 is 13.2 Å². The van der Waals surface area contributed by atoms with Crippen molar-refractivity contribution in [1.29, 1.82) is 0 Å². The second-order valence-electron chi connectivity index (χ2n) is 4.65. The molecule has 5 nitrogen and oxygen atoms in total. The molecule has 21 heavy (non-hydrogen) atoms. The Morgan fingerprint density at radius 3 is 2.71 bits per heavy atom. The Bertz CT molecular complexity index is 697. The fourth-order valence-corrected chi connectivity index (χ4v) is 2.95. The van der Waals surface area contributed by atoms with Crippen LogP contribution in [-0.2, 0) is 16.4 Å². The standard InChI is InChI=1S/C15H18N2O3S/c1-12-5-6-14(11-17-12)20-7-8-21(18,19)15-4-2-3-13(9-15)10-16/h2-6,9,11H,7-8,10,16H2,1H3. The van der Waals surface area contributed by atoms with E-state index in [0.717, 1.165) is 11.3 Å². The van der Waals surface area contributed by atoms with Crippen molar-refractivity contribution in [3.63, 3.8) is 0 Å². The van der Waals surface area contributed by atoms with E-state index in [0.29, 0.717) is 12.3 Å². The topological polar surface area (TPSA) is 82.3 Å². The number of benzene rings is 1. The lowest BCUT2D eigenvalue weighted by molar-refractivity contribution is 0.339. The molecule has 2 aromatic rings. The van der Waals surface area contributed by atoms with Crippen LogP contribution >= 0.6 is 0 Å². The Balaban J connectivity index is 1.99. The predicted octanol–water partition coefficient (Wildman–Crippen LogP) is 1.70. The van der Waals surface area contributed by atoms with E-state index < -0.39 is 9.84 Å². The lowest BCUT2D eigenvalue weighted by atomic mass is 10.2. The normalized spacial score (nSPS) is 11.3. The number of aromatic nitrogens is 1. The van der Waals surface area contributed by atoms with Crippen LogP contribution in [0.5, 0.6) is 5.75 Å². The maximum atomic E-state index is 12.2. The number of pyridine rings is 1. The molecule has 6 heteroatoms. The van der Waals surface area contributed by atoms with Crippen molar-refractivity contribution in [3.05, 3.63) is 53.9 Å². The smallest absolute Gasteiger partial charge is 0.181 e. The van der Waals surface area contributed by atoms with Gasteiger partial charge >= 0.3 is 0 Å². The summed E-state index contributed by atoms with van der Waals surface area (Å²) in [5.74, 6) is 0.473. The molecule has 2 N–H and O–H groups in total. The maximum absolute atomic E-state index is 12.2. The molecular formula is C15H18N2O3S. The molecule has 0 saturated carbocycles. The van der Waals surface area contributed by atoms with E-state index >= 15 is 0 Å². The van der Waals surface area contributed by atoms with E-state index in [1.807, 2.05) is 13.0 Å². The molecule has 0 aliphatic heterocycles. The monoisotopic (exact) mass is 306 g/mol. The minimum Gasteiger partial charge on any atom is -0.491 e. The molecule has 0 bridgehead atoms. The first-order chi connectivity index (χ1) is 10.0. The Hall–Kier alpha value is -1.92. The molecule has 112 valence electrons. The van der Waals surface area contributed by atoms with Gasteiger partial charge in [-0.25, -0.2) is 8.42 Å². The molecule has 0 aliphatic rings. The summed E-state index contributed by atoms with van der Waals surface area (Å²) in [6, 6.07) is 10.2. The first-order valence-electron chi connectivity index (χ1n) is 6.58. The third kappa shape index (κ3) is 4.27. The van der Waals surface area contributed by atoms with Crippen LogP contribution in [0.4, 0.5) is 0 Å². The van der Waals surface area contributed by atoms with Crippen LogP contribution in [-0.4, -0.2) is 25.8 Å². The summed E-state index contributed by atoms with van der Waals surface area (Å²) in [5, 5.41) is 0. The van der Waals surface area contributed by atoms with Gasteiger partial charge in [0.25, 0.3) is 0 Å². The van der Waals surface area contributed by atoms with Crippen LogP contribution in [0.25, 0.3) is 0 Å². The molecule has 0 radical (unpaired) electrons. The number of sulfone groups is 1. The van der Waals surface area contributed by atoms with Gasteiger partial charge in [-0.3, -0.25) is 4.98 Å². The average molecular weight is 306 g/mol. The first kappa shape index (κ1) is 15.5. The van der Waals surface area contributed by atoms with Crippen LogP contribution in [0.15, 0.2) is 47.5 Å². The van der Waals surface area contributed by atoms with Gasteiger partial charge in [0.2, 0.25) is 0 Å². The van der Waals surface area contributed by atoms with Gasteiger partial charge in [-0.2, -0.15) is 0 Å². The van der Waals surface area contributed by atoms with Crippen LogP contribution in [0, 0.1) is 6.92 Å². The summed E-state index contributed by atoms with van der Waals surface area (Å²) < 4.78 is 29.8. The highest BCUT2D eigenvalue weighted by atomic mass is 32.2. The van der Waals surface area contributed by atoms with Gasteiger partial charge in [-0.15, -0.1) is 0 Å². The van der Waals surface area contributed by atoms with Crippen LogP contribution < -0.4 is 10.5 Å². The van der Waals surface area contributed by atoms with E-state index in [2.05, 4.69) is 4.98 Å². The molecule has 0 atom stereocenters. The zero-order chi connectivity index (χ0) is 15.3.